The van der Waals surface area contributed by atoms with Gasteiger partial charge in [0.2, 0.25) is 0 Å². The molecular weight excluding hydrogens is 244 g/mol. The molecule has 2 N–H and O–H groups in total. The Kier molecular flexibility index (Phi) is 3.08. The molecule has 1 aromatic carbocycles. The molecule has 2 heterocycles. The number of aromatic nitrogens is 3. The summed E-state index contributed by atoms with van der Waals surface area (Å²) in [7, 11) is 1.96. The Hall–Kier alpha value is -1.72. The van der Waals surface area contributed by atoms with Crippen LogP contribution >= 0.6 is 11.3 Å². The fourth-order valence-corrected chi connectivity index (χ4v) is 2.79. The third kappa shape index (κ3) is 2.14. The van der Waals surface area contributed by atoms with E-state index < -0.39 is 0 Å². The van der Waals surface area contributed by atoms with Gasteiger partial charge in [0.1, 0.15) is 0 Å². The van der Waals surface area contributed by atoms with Gasteiger partial charge in [-0.05, 0) is 24.7 Å². The normalized spacial score (nSPS) is 11.2. The van der Waals surface area contributed by atoms with E-state index >= 15 is 0 Å². The van der Waals surface area contributed by atoms with Crippen LogP contribution in [0.3, 0.4) is 0 Å². The number of rotatable bonds is 4. The molecule has 0 unspecified atom stereocenters. The minimum atomic E-state index is 0.965. The van der Waals surface area contributed by atoms with Crippen molar-refractivity contribution < 1.29 is 0 Å². The van der Waals surface area contributed by atoms with Crippen molar-refractivity contribution >= 4 is 22.4 Å². The molecule has 2 aromatic heterocycles. The molecule has 18 heavy (non-hydrogen) atoms. The van der Waals surface area contributed by atoms with E-state index in [1.54, 1.807) is 17.7 Å². The molecule has 0 spiro atoms. The van der Waals surface area contributed by atoms with E-state index in [0.717, 1.165) is 24.0 Å². The number of thiazole rings is 1. The Bertz CT molecular complexity index is 656. The van der Waals surface area contributed by atoms with Gasteiger partial charge in [0.15, 0.2) is 0 Å². The van der Waals surface area contributed by atoms with E-state index in [9.17, 15) is 0 Å². The molecule has 0 aliphatic heterocycles. The predicted octanol–water partition coefficient (Wildman–Crippen LogP) is 2.45. The van der Waals surface area contributed by atoms with Gasteiger partial charge in [-0.1, -0.05) is 6.07 Å². The molecule has 0 amide bonds. The first kappa shape index (κ1) is 11.4. The van der Waals surface area contributed by atoms with Crippen LogP contribution in [-0.4, -0.2) is 28.5 Å². The summed E-state index contributed by atoms with van der Waals surface area (Å²) in [5.74, 6) is 0. The summed E-state index contributed by atoms with van der Waals surface area (Å²) in [4.78, 5) is 13.0. The number of aromatic amines is 1. The lowest BCUT2D eigenvalue weighted by atomic mass is 10.2. The second kappa shape index (κ2) is 4.88. The highest BCUT2D eigenvalue weighted by molar-refractivity contribution is 7.15. The second-order valence-electron chi connectivity index (χ2n) is 4.11. The molecule has 3 aromatic rings. The quantitative estimate of drug-likeness (QED) is 0.755. The van der Waals surface area contributed by atoms with Crippen molar-refractivity contribution in [2.75, 3.05) is 13.6 Å². The molecule has 92 valence electrons. The van der Waals surface area contributed by atoms with Crippen molar-refractivity contribution in [3.05, 3.63) is 35.7 Å². The maximum Gasteiger partial charge on any atom is 0.0943 e. The largest absolute Gasteiger partial charge is 0.345 e. The van der Waals surface area contributed by atoms with Gasteiger partial charge in [0, 0.05) is 19.2 Å². The van der Waals surface area contributed by atoms with Crippen LogP contribution in [0.4, 0.5) is 0 Å². The number of likely N-dealkylation sites (N-methyl/N-ethyl adjacent to an activating group) is 1. The second-order valence-corrected chi connectivity index (χ2v) is 5.22. The van der Waals surface area contributed by atoms with E-state index in [-0.39, 0.29) is 0 Å². The summed E-state index contributed by atoms with van der Waals surface area (Å²) in [6.45, 7) is 0.965. The summed E-state index contributed by atoms with van der Waals surface area (Å²) < 4.78 is 0. The van der Waals surface area contributed by atoms with E-state index in [1.165, 1.54) is 15.4 Å². The Morgan fingerprint density at radius 3 is 3.17 bits per heavy atom. The molecule has 0 radical (unpaired) electrons. The summed E-state index contributed by atoms with van der Waals surface area (Å²) in [5, 5.41) is 4.31. The standard InChI is InChI=1S/C13H14N4S/c1-14-5-4-13-15-7-12(18-13)9-2-3-10-11(6-9)17-8-16-10/h2-3,6-8,14H,4-5H2,1H3,(H,16,17). The number of imidazole rings is 1. The third-order valence-electron chi connectivity index (χ3n) is 2.85. The van der Waals surface area contributed by atoms with Crippen LogP contribution in [0.5, 0.6) is 0 Å². The molecular formula is C13H14N4S. The first-order valence-corrected chi connectivity index (χ1v) is 6.71. The molecule has 0 bridgehead atoms. The molecule has 0 saturated heterocycles. The van der Waals surface area contributed by atoms with Crippen LogP contribution < -0.4 is 5.32 Å². The Balaban J connectivity index is 1.90. The molecule has 3 rings (SSSR count). The highest BCUT2D eigenvalue weighted by atomic mass is 32.1. The first-order valence-electron chi connectivity index (χ1n) is 5.89. The number of hydrogen-bond donors (Lipinski definition) is 2. The smallest absolute Gasteiger partial charge is 0.0943 e. The average Bonchev–Trinajstić information content (AvgIpc) is 3.04. The predicted molar refractivity (Wildman–Crippen MR) is 74.8 cm³/mol. The number of hydrogen-bond acceptors (Lipinski definition) is 4. The molecule has 0 atom stereocenters. The Labute approximate surface area is 109 Å². The van der Waals surface area contributed by atoms with Crippen molar-refractivity contribution in [3.63, 3.8) is 0 Å². The lowest BCUT2D eigenvalue weighted by molar-refractivity contribution is 0.787. The van der Waals surface area contributed by atoms with Crippen LogP contribution in [0.25, 0.3) is 21.5 Å². The van der Waals surface area contributed by atoms with E-state index in [4.69, 9.17) is 0 Å². The number of nitrogens with one attached hydrogen (secondary N) is 2. The number of benzene rings is 1. The van der Waals surface area contributed by atoms with Gasteiger partial charge in [-0.25, -0.2) is 9.97 Å². The van der Waals surface area contributed by atoms with Crippen LogP contribution in [0.1, 0.15) is 5.01 Å². The fourth-order valence-electron chi connectivity index (χ4n) is 1.88. The van der Waals surface area contributed by atoms with Gasteiger partial charge in [-0.3, -0.25) is 0 Å². The highest BCUT2D eigenvalue weighted by Gasteiger charge is 2.05. The molecule has 0 aliphatic rings. The van der Waals surface area contributed by atoms with Crippen molar-refractivity contribution in [2.24, 2.45) is 0 Å². The summed E-state index contributed by atoms with van der Waals surface area (Å²) >= 11 is 1.75. The van der Waals surface area contributed by atoms with Crippen molar-refractivity contribution in [1.29, 1.82) is 0 Å². The van der Waals surface area contributed by atoms with Gasteiger partial charge in [0.05, 0.1) is 27.2 Å². The maximum atomic E-state index is 4.45. The summed E-state index contributed by atoms with van der Waals surface area (Å²) in [6.07, 6.45) is 4.65. The summed E-state index contributed by atoms with van der Waals surface area (Å²) in [5.41, 5.74) is 3.26. The molecule has 0 aliphatic carbocycles. The summed E-state index contributed by atoms with van der Waals surface area (Å²) in [6, 6.07) is 6.25. The maximum absolute atomic E-state index is 4.45. The average molecular weight is 258 g/mol. The minimum Gasteiger partial charge on any atom is -0.345 e. The number of fused-ring (bicyclic) bond motifs is 1. The Morgan fingerprint density at radius 1 is 1.33 bits per heavy atom. The van der Waals surface area contributed by atoms with Crippen molar-refractivity contribution in [2.45, 2.75) is 6.42 Å². The van der Waals surface area contributed by atoms with Crippen LogP contribution in [0.2, 0.25) is 0 Å². The van der Waals surface area contributed by atoms with Gasteiger partial charge < -0.3 is 10.3 Å². The van der Waals surface area contributed by atoms with Crippen LogP contribution in [0, 0.1) is 0 Å². The zero-order chi connectivity index (χ0) is 12.4. The molecule has 0 fully saturated rings. The topological polar surface area (TPSA) is 53.6 Å². The fraction of sp³-hybridized carbons (Fsp3) is 0.231. The van der Waals surface area contributed by atoms with Crippen LogP contribution in [0.15, 0.2) is 30.7 Å². The monoisotopic (exact) mass is 258 g/mol. The first-order chi connectivity index (χ1) is 8.86. The zero-order valence-electron chi connectivity index (χ0n) is 10.1. The van der Waals surface area contributed by atoms with Crippen molar-refractivity contribution in [1.82, 2.24) is 20.3 Å². The SMILES string of the molecule is CNCCc1ncc(-c2ccc3nc[nH]c3c2)s1. The van der Waals surface area contributed by atoms with E-state index in [1.807, 2.05) is 19.3 Å². The molecule has 5 heteroatoms. The number of H-pyrrole nitrogens is 1. The van der Waals surface area contributed by atoms with Crippen molar-refractivity contribution in [3.8, 4) is 10.4 Å². The molecule has 0 saturated carbocycles. The van der Waals surface area contributed by atoms with Gasteiger partial charge in [-0.2, -0.15) is 0 Å². The molecule has 4 nitrogen and oxygen atoms in total. The number of nitrogens with zero attached hydrogens (tertiary/aromatic N) is 2. The minimum absolute atomic E-state index is 0.965. The third-order valence-corrected chi connectivity index (χ3v) is 3.95. The lowest BCUT2D eigenvalue weighted by Crippen LogP contribution is -2.09. The van der Waals surface area contributed by atoms with E-state index in [2.05, 4.69) is 32.4 Å². The van der Waals surface area contributed by atoms with Gasteiger partial charge in [0.25, 0.3) is 0 Å². The van der Waals surface area contributed by atoms with E-state index in [0.29, 0.717) is 0 Å². The van der Waals surface area contributed by atoms with Gasteiger partial charge >= 0.3 is 0 Å². The highest BCUT2D eigenvalue weighted by Crippen LogP contribution is 2.28. The zero-order valence-corrected chi connectivity index (χ0v) is 10.9. The van der Waals surface area contributed by atoms with Gasteiger partial charge in [-0.15, -0.1) is 11.3 Å². The Morgan fingerprint density at radius 2 is 2.28 bits per heavy atom. The van der Waals surface area contributed by atoms with Crippen LogP contribution in [-0.2, 0) is 6.42 Å². The lowest BCUT2D eigenvalue weighted by Gasteiger charge is -1.96.